The number of anilines is 2. The van der Waals surface area contributed by atoms with Gasteiger partial charge in [-0.3, -0.25) is 34.1 Å². The molecule has 4 aliphatic carbocycles. The first kappa shape index (κ1) is 55.6. The molecule has 0 bridgehead atoms. The minimum Gasteiger partial charge on any atom is -0.379 e. The summed E-state index contributed by atoms with van der Waals surface area (Å²) in [6.07, 6.45) is 7.98. The van der Waals surface area contributed by atoms with Gasteiger partial charge in [-0.2, -0.15) is 0 Å². The number of benzene rings is 2. The molecule has 0 heterocycles. The van der Waals surface area contributed by atoms with Crippen molar-refractivity contribution < 1.29 is 47.7 Å². The van der Waals surface area contributed by atoms with Crippen LogP contribution in [0.15, 0.2) is 36.4 Å². The van der Waals surface area contributed by atoms with Crippen LogP contribution >= 0.6 is 0 Å². The fourth-order valence-electron chi connectivity index (χ4n) is 12.6. The highest BCUT2D eigenvalue weighted by molar-refractivity contribution is 6.01. The van der Waals surface area contributed by atoms with Gasteiger partial charge in [0.2, 0.25) is 35.4 Å². The molecule has 0 saturated heterocycles. The molecule has 71 heavy (non-hydrogen) atoms. The van der Waals surface area contributed by atoms with E-state index in [4.69, 9.17) is 24.7 Å². The standard InChI is InChI=1S/C55H82N6O10/c1-9-68-26-27-70-30-31-71-29-28-69-25-20-45(62)60-47(35(2)3)49(65)57-36(4)48(64)59-40-17-13-38-15-19-44-53(6,42(38)33-40)22-11-24-55(44,8)51(67)61-50(66)54(7)23-10-21-52(5)41-32-39(58-46(63)34-56)16-12-37(41)14-18-43(52)54/h12-13,16-17,32-33,35-36,43-44,47H,9-11,14-15,18-31,34,56H2,1-8H3,(H,57,65)(H,58,63)(H,59,64)(H,60,62)(H,61,66,67)/t36-,43+,44+,47-,52+,53+,54-,55-/m0/s1. The topological polar surface area (TPSA) is 226 Å². The number of hydrogen-bond acceptors (Lipinski definition) is 11. The predicted molar refractivity (Wildman–Crippen MR) is 273 cm³/mol. The molecule has 0 aromatic heterocycles. The normalized spacial score (nSPS) is 26.3. The summed E-state index contributed by atoms with van der Waals surface area (Å²) in [4.78, 5) is 81.7. The number of nitrogens with two attached hydrogens (primary N) is 1. The second kappa shape index (κ2) is 24.3. The quantitative estimate of drug-likeness (QED) is 0.0559. The number of rotatable bonds is 23. The van der Waals surface area contributed by atoms with Crippen LogP contribution in [0.25, 0.3) is 0 Å². The lowest BCUT2D eigenvalue weighted by molar-refractivity contribution is -0.150. The van der Waals surface area contributed by atoms with Crippen LogP contribution in [0.4, 0.5) is 11.4 Å². The Morgan fingerprint density at radius 1 is 0.620 bits per heavy atom. The van der Waals surface area contributed by atoms with Crippen molar-refractivity contribution in [2.45, 2.75) is 149 Å². The number of amides is 6. The van der Waals surface area contributed by atoms with Gasteiger partial charge in [-0.15, -0.1) is 0 Å². The molecule has 16 nitrogen and oxygen atoms in total. The van der Waals surface area contributed by atoms with E-state index < -0.39 is 40.1 Å². The number of carbonyl (C=O) groups excluding carboxylic acids is 6. The number of imide groups is 1. The summed E-state index contributed by atoms with van der Waals surface area (Å²) in [6.45, 7) is 19.1. The van der Waals surface area contributed by atoms with Gasteiger partial charge in [0.05, 0.1) is 63.6 Å². The first-order chi connectivity index (χ1) is 33.8. The zero-order valence-electron chi connectivity index (χ0n) is 43.7. The van der Waals surface area contributed by atoms with Gasteiger partial charge in [0, 0.05) is 24.4 Å². The fraction of sp³-hybridized carbons (Fsp3) is 0.673. The molecular formula is C55H82N6O10. The van der Waals surface area contributed by atoms with Gasteiger partial charge in [-0.1, -0.05) is 66.5 Å². The summed E-state index contributed by atoms with van der Waals surface area (Å²) in [5.74, 6) is -2.20. The van der Waals surface area contributed by atoms with Gasteiger partial charge in [-0.25, -0.2) is 0 Å². The molecule has 0 radical (unpaired) electrons. The van der Waals surface area contributed by atoms with Gasteiger partial charge in [-0.05, 0) is 140 Å². The van der Waals surface area contributed by atoms with Crippen LogP contribution in [-0.4, -0.2) is 107 Å². The first-order valence-electron chi connectivity index (χ1n) is 26.1. The molecular weight excluding hydrogens is 905 g/mol. The maximum atomic E-state index is 14.8. The molecule has 0 spiro atoms. The monoisotopic (exact) mass is 987 g/mol. The Hall–Kier alpha value is -4.74. The van der Waals surface area contributed by atoms with Crippen LogP contribution in [0, 0.1) is 28.6 Å². The van der Waals surface area contributed by atoms with E-state index in [1.54, 1.807) is 6.92 Å². The largest absolute Gasteiger partial charge is 0.379 e. The lowest BCUT2D eigenvalue weighted by Gasteiger charge is -2.56. The number of aryl methyl sites for hydroxylation is 2. The maximum absolute atomic E-state index is 14.8. The van der Waals surface area contributed by atoms with Crippen LogP contribution in [0.5, 0.6) is 0 Å². The molecule has 2 saturated carbocycles. The summed E-state index contributed by atoms with van der Waals surface area (Å²) in [6, 6.07) is 10.2. The second-order valence-electron chi connectivity index (χ2n) is 21.6. The number of hydrogen-bond donors (Lipinski definition) is 6. The third-order valence-corrected chi connectivity index (χ3v) is 16.5. The van der Waals surface area contributed by atoms with Crippen molar-refractivity contribution in [2.75, 3.05) is 70.0 Å². The van der Waals surface area contributed by atoms with Crippen LogP contribution in [-0.2, 0) is 71.4 Å². The van der Waals surface area contributed by atoms with Crippen molar-refractivity contribution >= 4 is 46.8 Å². The lowest BCUT2D eigenvalue weighted by atomic mass is 9.49. The molecule has 2 aromatic rings. The Morgan fingerprint density at radius 3 is 1.58 bits per heavy atom. The number of nitrogens with one attached hydrogen (secondary N) is 5. The molecule has 6 amide bonds. The van der Waals surface area contributed by atoms with E-state index >= 15 is 0 Å². The average Bonchev–Trinajstić information content (AvgIpc) is 3.33. The van der Waals surface area contributed by atoms with Gasteiger partial charge in [0.1, 0.15) is 12.1 Å². The second-order valence-corrected chi connectivity index (χ2v) is 21.6. The molecule has 4 aliphatic rings. The number of ether oxygens (including phenoxy) is 4. The zero-order chi connectivity index (χ0) is 51.6. The Labute approximate surface area is 421 Å². The first-order valence-corrected chi connectivity index (χ1v) is 26.1. The highest BCUT2D eigenvalue weighted by atomic mass is 16.6. The van der Waals surface area contributed by atoms with Crippen molar-refractivity contribution in [3.8, 4) is 0 Å². The maximum Gasteiger partial charge on any atom is 0.246 e. The van der Waals surface area contributed by atoms with Gasteiger partial charge in [0.25, 0.3) is 0 Å². The fourth-order valence-corrected chi connectivity index (χ4v) is 12.6. The molecule has 7 N–H and O–H groups in total. The number of carbonyl (C=O) groups is 6. The average molecular weight is 987 g/mol. The molecule has 0 aliphatic heterocycles. The van der Waals surface area contributed by atoms with Gasteiger partial charge < -0.3 is 45.9 Å². The summed E-state index contributed by atoms with van der Waals surface area (Å²) in [5.41, 5.74) is 9.22. The van der Waals surface area contributed by atoms with E-state index in [-0.39, 0.29) is 66.4 Å². The lowest BCUT2D eigenvalue weighted by Crippen LogP contribution is -2.60. The highest BCUT2D eigenvalue weighted by Crippen LogP contribution is 2.60. The Bertz CT molecular complexity index is 2240. The highest BCUT2D eigenvalue weighted by Gasteiger charge is 2.58. The summed E-state index contributed by atoms with van der Waals surface area (Å²) < 4.78 is 21.7. The molecule has 16 heteroatoms. The van der Waals surface area contributed by atoms with Gasteiger partial charge >= 0.3 is 0 Å². The molecule has 0 unspecified atom stereocenters. The van der Waals surface area contributed by atoms with E-state index in [2.05, 4.69) is 52.6 Å². The van der Waals surface area contributed by atoms with E-state index in [1.807, 2.05) is 58.9 Å². The van der Waals surface area contributed by atoms with E-state index in [9.17, 15) is 28.8 Å². The van der Waals surface area contributed by atoms with Crippen LogP contribution in [0.3, 0.4) is 0 Å². The van der Waals surface area contributed by atoms with Crippen LogP contribution < -0.4 is 32.3 Å². The van der Waals surface area contributed by atoms with Crippen molar-refractivity contribution in [1.82, 2.24) is 16.0 Å². The van der Waals surface area contributed by atoms with Crippen molar-refractivity contribution in [3.63, 3.8) is 0 Å². The minimum atomic E-state index is -0.911. The smallest absolute Gasteiger partial charge is 0.246 e. The zero-order valence-corrected chi connectivity index (χ0v) is 43.7. The number of fused-ring (bicyclic) bond motifs is 6. The van der Waals surface area contributed by atoms with E-state index in [0.29, 0.717) is 70.5 Å². The summed E-state index contributed by atoms with van der Waals surface area (Å²) in [5, 5.41) is 14.5. The van der Waals surface area contributed by atoms with E-state index in [1.165, 1.54) is 11.1 Å². The third-order valence-electron chi connectivity index (χ3n) is 16.5. The van der Waals surface area contributed by atoms with Gasteiger partial charge in [0.15, 0.2) is 0 Å². The van der Waals surface area contributed by atoms with Crippen molar-refractivity contribution in [1.29, 1.82) is 0 Å². The molecule has 2 aromatic carbocycles. The minimum absolute atomic E-state index is 0.00136. The van der Waals surface area contributed by atoms with Crippen LogP contribution in [0.2, 0.25) is 0 Å². The van der Waals surface area contributed by atoms with Crippen LogP contribution in [0.1, 0.15) is 135 Å². The summed E-state index contributed by atoms with van der Waals surface area (Å²) in [7, 11) is 0. The predicted octanol–water partition coefficient (Wildman–Crippen LogP) is 6.01. The third kappa shape index (κ3) is 12.7. The molecule has 6 rings (SSSR count). The summed E-state index contributed by atoms with van der Waals surface area (Å²) >= 11 is 0. The molecule has 2 fully saturated rings. The van der Waals surface area contributed by atoms with E-state index in [0.717, 1.165) is 62.5 Å². The molecule has 392 valence electrons. The molecule has 8 atom stereocenters. The Kier molecular flexibility index (Phi) is 19.0. The van der Waals surface area contributed by atoms with Crippen molar-refractivity contribution in [3.05, 3.63) is 58.7 Å². The Morgan fingerprint density at radius 2 is 1.10 bits per heavy atom. The van der Waals surface area contributed by atoms with Crippen molar-refractivity contribution in [2.24, 2.45) is 34.3 Å². The Balaban J connectivity index is 1.04. The SMILES string of the molecule is CCOCCOCCOCCOCCC(=O)N[C@H](C(=O)N[C@@H](C)C(=O)Nc1ccc2c(c1)[C@@]1(C)CCC[C@](C)(C(=O)NC(=O)[C@@]3(C)CCC[C@]4(C)c5cc(NC(=O)CN)ccc5CC[C@@H]34)[C@@H]1CC2)C(C)C.